The Morgan fingerprint density at radius 1 is 1.00 bits per heavy atom. The van der Waals surface area contributed by atoms with Crippen LogP contribution in [0.1, 0.15) is 23.5 Å². The zero-order valence-electron chi connectivity index (χ0n) is 19.0. The molecule has 3 heterocycles. The summed E-state index contributed by atoms with van der Waals surface area (Å²) in [6.07, 6.45) is 1.21. The summed E-state index contributed by atoms with van der Waals surface area (Å²) in [6.45, 7) is 0. The molecule has 1 N–H and O–H groups in total. The molecule has 0 saturated heterocycles. The van der Waals surface area contributed by atoms with Gasteiger partial charge < -0.3 is 18.9 Å². The van der Waals surface area contributed by atoms with E-state index in [9.17, 15) is 18.8 Å². The van der Waals surface area contributed by atoms with Crippen LogP contribution in [0, 0.1) is 5.82 Å². The Morgan fingerprint density at radius 3 is 2.58 bits per heavy atom. The lowest BCUT2D eigenvalue weighted by Gasteiger charge is -2.25. The zero-order chi connectivity index (χ0) is 25.0. The van der Waals surface area contributed by atoms with Crippen molar-refractivity contribution in [3.8, 4) is 22.6 Å². The highest BCUT2D eigenvalue weighted by molar-refractivity contribution is 5.90. The van der Waals surface area contributed by atoms with Crippen LogP contribution in [-0.2, 0) is 4.79 Å². The lowest BCUT2D eigenvalue weighted by Crippen LogP contribution is -2.26. The Bertz CT molecular complexity index is 1800. The van der Waals surface area contributed by atoms with E-state index in [1.807, 2.05) is 6.07 Å². The van der Waals surface area contributed by atoms with Crippen molar-refractivity contribution in [1.82, 2.24) is 4.98 Å². The maximum atomic E-state index is 13.4. The molecule has 1 aliphatic heterocycles. The average Bonchev–Trinajstić information content (AvgIpc) is 2.88. The van der Waals surface area contributed by atoms with Gasteiger partial charge in [0.15, 0.2) is 0 Å². The van der Waals surface area contributed by atoms with Crippen molar-refractivity contribution < 1.29 is 23.1 Å². The first-order valence-electron chi connectivity index (χ1n) is 11.2. The van der Waals surface area contributed by atoms with Crippen LogP contribution in [0.25, 0.3) is 33.0 Å². The van der Waals surface area contributed by atoms with Gasteiger partial charge in [-0.3, -0.25) is 14.4 Å². The molecule has 36 heavy (non-hydrogen) atoms. The van der Waals surface area contributed by atoms with Crippen LogP contribution in [0.15, 0.2) is 80.9 Å². The number of benzene rings is 3. The molecule has 178 valence electrons. The van der Waals surface area contributed by atoms with E-state index in [-0.39, 0.29) is 39.7 Å². The largest absolute Gasteiger partial charge is 0.497 e. The summed E-state index contributed by atoms with van der Waals surface area (Å²) in [6, 6.07) is 15.6. The Hall–Kier alpha value is -4.72. The minimum Gasteiger partial charge on any atom is -0.497 e. The molecule has 7 nitrogen and oxygen atoms in total. The molecule has 0 amide bonds. The van der Waals surface area contributed by atoms with Gasteiger partial charge in [-0.25, -0.2) is 4.39 Å². The number of esters is 1. The number of ether oxygens (including phenoxy) is 2. The monoisotopic (exact) mass is 483 g/mol. The smallest absolute Gasteiger partial charge is 0.312 e. The van der Waals surface area contributed by atoms with Crippen LogP contribution in [0.4, 0.5) is 4.39 Å². The normalized spacial score (nSPS) is 15.1. The summed E-state index contributed by atoms with van der Waals surface area (Å²) in [5.41, 5.74) is 1.71. The first-order valence-corrected chi connectivity index (χ1v) is 11.2. The van der Waals surface area contributed by atoms with Crippen molar-refractivity contribution in [3.63, 3.8) is 0 Å². The number of rotatable bonds is 3. The van der Waals surface area contributed by atoms with Gasteiger partial charge in [0, 0.05) is 23.1 Å². The third-order valence-corrected chi connectivity index (χ3v) is 6.50. The van der Waals surface area contributed by atoms with Gasteiger partial charge in [-0.15, -0.1) is 0 Å². The van der Waals surface area contributed by atoms with Gasteiger partial charge in [0.25, 0.3) is 5.56 Å². The number of hydrogen-bond acceptors (Lipinski definition) is 6. The molecule has 5 aromatic rings. The molecule has 0 bridgehead atoms. The summed E-state index contributed by atoms with van der Waals surface area (Å²) in [4.78, 5) is 41.8. The Balaban J connectivity index is 1.56. The highest BCUT2D eigenvalue weighted by Gasteiger charge is 2.33. The fourth-order valence-corrected chi connectivity index (χ4v) is 4.73. The minimum absolute atomic E-state index is 0.0969. The molecular formula is C28H18FNO6. The van der Waals surface area contributed by atoms with E-state index in [0.29, 0.717) is 28.0 Å². The second-order valence-corrected chi connectivity index (χ2v) is 8.58. The van der Waals surface area contributed by atoms with Crippen molar-refractivity contribution in [2.45, 2.75) is 12.3 Å². The molecule has 0 saturated carbocycles. The van der Waals surface area contributed by atoms with Crippen molar-refractivity contribution in [2.75, 3.05) is 7.11 Å². The topological polar surface area (TPSA) is 98.6 Å². The maximum absolute atomic E-state index is 13.4. The third kappa shape index (κ3) is 3.46. The molecule has 0 aliphatic carbocycles. The molecule has 0 fully saturated rings. The number of fused-ring (bicyclic) bond motifs is 4. The molecule has 2 aromatic heterocycles. The molecule has 1 atom stereocenters. The summed E-state index contributed by atoms with van der Waals surface area (Å²) in [5, 5.41) is 1.02. The first-order chi connectivity index (χ1) is 17.4. The average molecular weight is 483 g/mol. The van der Waals surface area contributed by atoms with Gasteiger partial charge in [0.1, 0.15) is 29.2 Å². The van der Waals surface area contributed by atoms with Crippen molar-refractivity contribution in [2.24, 2.45) is 0 Å². The van der Waals surface area contributed by atoms with Crippen LogP contribution in [0.5, 0.6) is 11.5 Å². The van der Waals surface area contributed by atoms with E-state index < -0.39 is 17.7 Å². The van der Waals surface area contributed by atoms with Crippen molar-refractivity contribution in [1.29, 1.82) is 0 Å². The van der Waals surface area contributed by atoms with Gasteiger partial charge in [-0.1, -0.05) is 12.1 Å². The van der Waals surface area contributed by atoms with Crippen LogP contribution in [0.3, 0.4) is 0 Å². The second-order valence-electron chi connectivity index (χ2n) is 8.58. The Morgan fingerprint density at radius 2 is 1.81 bits per heavy atom. The molecule has 1 aliphatic rings. The van der Waals surface area contributed by atoms with Crippen molar-refractivity contribution in [3.05, 3.63) is 104 Å². The highest BCUT2D eigenvalue weighted by atomic mass is 19.1. The second kappa shape index (κ2) is 8.20. The number of aromatic nitrogens is 1. The Labute approximate surface area is 202 Å². The number of carbonyl (C=O) groups is 1. The number of methoxy groups -OCH3 is 1. The van der Waals surface area contributed by atoms with E-state index in [2.05, 4.69) is 4.98 Å². The van der Waals surface area contributed by atoms with Gasteiger partial charge >= 0.3 is 5.97 Å². The summed E-state index contributed by atoms with van der Waals surface area (Å²) in [5.74, 6) is -0.772. The van der Waals surface area contributed by atoms with E-state index >= 15 is 0 Å². The van der Waals surface area contributed by atoms with E-state index in [4.69, 9.17) is 13.9 Å². The third-order valence-electron chi connectivity index (χ3n) is 6.50. The van der Waals surface area contributed by atoms with Crippen LogP contribution < -0.4 is 20.5 Å². The number of pyridine rings is 1. The van der Waals surface area contributed by atoms with Crippen LogP contribution >= 0.6 is 0 Å². The number of aromatic amines is 1. The Kier molecular flexibility index (Phi) is 4.96. The standard InChI is InChI=1S/C28H18FNO6/c1-34-17-7-4-15-10-20(28(33)30-22(15)11-17)19-12-24(31)36-23-9-8-18-26(32)21(13-35-27(18)25(19)23)14-2-5-16(29)6-3-14/h2-11,13,19H,12H2,1H3,(H,30,33)/t19-/m0/s1. The van der Waals surface area contributed by atoms with Crippen LogP contribution in [0.2, 0.25) is 0 Å². The fourth-order valence-electron chi connectivity index (χ4n) is 4.73. The van der Waals surface area contributed by atoms with Crippen LogP contribution in [-0.4, -0.2) is 18.1 Å². The molecular weight excluding hydrogens is 465 g/mol. The van der Waals surface area contributed by atoms with E-state index in [1.165, 1.54) is 42.7 Å². The number of hydrogen-bond donors (Lipinski definition) is 1. The highest BCUT2D eigenvalue weighted by Crippen LogP contribution is 2.42. The number of H-pyrrole nitrogens is 1. The predicted octanol–water partition coefficient (Wildman–Crippen LogP) is 4.89. The van der Waals surface area contributed by atoms with Gasteiger partial charge in [0.05, 0.1) is 30.0 Å². The zero-order valence-corrected chi connectivity index (χ0v) is 19.0. The summed E-state index contributed by atoms with van der Waals surface area (Å²) in [7, 11) is 1.54. The maximum Gasteiger partial charge on any atom is 0.312 e. The number of carbonyl (C=O) groups excluding carboxylic acids is 1. The SMILES string of the molecule is COc1ccc2cc([C@@H]3CC(=O)Oc4ccc5c(=O)c(-c6ccc(F)cc6)coc5c43)c(=O)[nH]c2c1. The van der Waals surface area contributed by atoms with E-state index in [1.54, 1.807) is 25.3 Å². The molecule has 3 aromatic carbocycles. The minimum atomic E-state index is -0.694. The quantitative estimate of drug-likeness (QED) is 0.290. The lowest BCUT2D eigenvalue weighted by atomic mass is 9.85. The van der Waals surface area contributed by atoms with Crippen molar-refractivity contribution >= 4 is 27.8 Å². The first kappa shape index (κ1) is 21.8. The summed E-state index contributed by atoms with van der Waals surface area (Å²) < 4.78 is 30.0. The lowest BCUT2D eigenvalue weighted by molar-refractivity contribution is -0.135. The summed E-state index contributed by atoms with van der Waals surface area (Å²) >= 11 is 0. The molecule has 0 spiro atoms. The fraction of sp³-hybridized carbons (Fsp3) is 0.107. The molecule has 6 rings (SSSR count). The molecule has 8 heteroatoms. The molecule has 0 radical (unpaired) electrons. The number of halogens is 1. The van der Waals surface area contributed by atoms with E-state index in [0.717, 1.165) is 5.39 Å². The van der Waals surface area contributed by atoms with Gasteiger partial charge in [-0.05, 0) is 53.4 Å². The predicted molar refractivity (Wildman–Crippen MR) is 131 cm³/mol. The number of nitrogens with one attached hydrogen (secondary N) is 1. The molecule has 0 unspecified atom stereocenters. The van der Waals surface area contributed by atoms with Gasteiger partial charge in [0.2, 0.25) is 5.43 Å². The van der Waals surface area contributed by atoms with Gasteiger partial charge in [-0.2, -0.15) is 0 Å².